The molecule has 0 atom stereocenters. The molecule has 108 valence electrons. The third-order valence-electron chi connectivity index (χ3n) is 3.77. The van der Waals surface area contributed by atoms with E-state index in [1.165, 1.54) is 19.3 Å². The van der Waals surface area contributed by atoms with Crippen molar-refractivity contribution < 1.29 is 13.2 Å². The summed E-state index contributed by atoms with van der Waals surface area (Å²) >= 11 is 0.778. The Balaban J connectivity index is 1.78. The molecule has 1 heterocycles. The van der Waals surface area contributed by atoms with Crippen molar-refractivity contribution in [2.75, 3.05) is 11.9 Å². The molecule has 1 fully saturated rings. The molecule has 3 nitrogen and oxygen atoms in total. The lowest BCUT2D eigenvalue weighted by molar-refractivity contribution is -0.144. The van der Waals surface area contributed by atoms with Gasteiger partial charge in [-0.2, -0.15) is 22.5 Å². The molecule has 0 radical (unpaired) electrons. The lowest BCUT2D eigenvalue weighted by atomic mass is 9.81. The van der Waals surface area contributed by atoms with E-state index in [-0.39, 0.29) is 5.13 Å². The first-order valence-electron chi connectivity index (χ1n) is 6.63. The summed E-state index contributed by atoms with van der Waals surface area (Å²) in [6, 6.07) is 0. The molecule has 1 aromatic heterocycles. The number of hydrogen-bond donors (Lipinski definition) is 1. The van der Waals surface area contributed by atoms with Crippen molar-refractivity contribution >= 4 is 16.7 Å². The van der Waals surface area contributed by atoms with Crippen molar-refractivity contribution in [3.8, 4) is 0 Å². The summed E-state index contributed by atoms with van der Waals surface area (Å²) in [6.07, 6.45) is 1.54. The fraction of sp³-hybridized carbons (Fsp3) is 0.833. The predicted molar refractivity (Wildman–Crippen MR) is 69.1 cm³/mol. The van der Waals surface area contributed by atoms with Gasteiger partial charge in [0.25, 0.3) is 0 Å². The van der Waals surface area contributed by atoms with E-state index in [4.69, 9.17) is 0 Å². The van der Waals surface area contributed by atoms with Gasteiger partial charge < -0.3 is 5.32 Å². The van der Waals surface area contributed by atoms with Gasteiger partial charge in [0, 0.05) is 18.1 Å². The van der Waals surface area contributed by atoms with Gasteiger partial charge in [-0.25, -0.2) is 0 Å². The first-order chi connectivity index (χ1) is 8.99. The van der Waals surface area contributed by atoms with Crippen molar-refractivity contribution in [3.05, 3.63) is 5.82 Å². The minimum atomic E-state index is -4.45. The van der Waals surface area contributed by atoms with Crippen LogP contribution in [0.4, 0.5) is 18.3 Å². The summed E-state index contributed by atoms with van der Waals surface area (Å²) in [5.74, 6) is 0.324. The highest BCUT2D eigenvalue weighted by atomic mass is 32.1. The third kappa shape index (κ3) is 4.06. The average molecular weight is 293 g/mol. The maximum Gasteiger partial charge on any atom is 0.452 e. The second-order valence-corrected chi connectivity index (χ2v) is 5.85. The zero-order valence-corrected chi connectivity index (χ0v) is 11.7. The van der Waals surface area contributed by atoms with Crippen LogP contribution >= 0.6 is 11.5 Å². The van der Waals surface area contributed by atoms with E-state index < -0.39 is 12.0 Å². The summed E-state index contributed by atoms with van der Waals surface area (Å²) in [6.45, 7) is 2.91. The molecule has 1 aliphatic carbocycles. The van der Waals surface area contributed by atoms with Crippen molar-refractivity contribution in [1.29, 1.82) is 0 Å². The lowest BCUT2D eigenvalue weighted by Crippen LogP contribution is -2.21. The highest BCUT2D eigenvalue weighted by Gasteiger charge is 2.36. The molecule has 0 saturated heterocycles. The Labute approximate surface area is 114 Å². The smallest absolute Gasteiger partial charge is 0.360 e. The molecule has 2 rings (SSSR count). The fourth-order valence-corrected chi connectivity index (χ4v) is 3.08. The van der Waals surface area contributed by atoms with Gasteiger partial charge in [0.05, 0.1) is 0 Å². The highest BCUT2D eigenvalue weighted by molar-refractivity contribution is 7.09. The molecule has 0 unspecified atom stereocenters. The highest BCUT2D eigenvalue weighted by Crippen LogP contribution is 2.32. The summed E-state index contributed by atoms with van der Waals surface area (Å²) in [5, 5.41) is 3.25. The van der Waals surface area contributed by atoms with Crippen LogP contribution in [0.2, 0.25) is 0 Å². The van der Waals surface area contributed by atoms with Crippen molar-refractivity contribution in [3.63, 3.8) is 0 Å². The number of aromatic nitrogens is 2. The Kier molecular flexibility index (Phi) is 4.65. The molecule has 1 aromatic rings. The summed E-state index contributed by atoms with van der Waals surface area (Å²) in [5.41, 5.74) is 0. The van der Waals surface area contributed by atoms with E-state index in [1.807, 2.05) is 0 Å². The van der Waals surface area contributed by atoms with Crippen molar-refractivity contribution in [2.24, 2.45) is 11.8 Å². The molecule has 0 spiro atoms. The topological polar surface area (TPSA) is 37.8 Å². The maximum absolute atomic E-state index is 12.3. The Hall–Kier alpha value is -0.850. The monoisotopic (exact) mass is 293 g/mol. The van der Waals surface area contributed by atoms with Crippen molar-refractivity contribution in [1.82, 2.24) is 9.36 Å². The second-order valence-electron chi connectivity index (χ2n) is 5.10. The van der Waals surface area contributed by atoms with Crippen LogP contribution in [0.15, 0.2) is 0 Å². The van der Waals surface area contributed by atoms with Crippen LogP contribution in [0.5, 0.6) is 0 Å². The Morgan fingerprint density at radius 1 is 1.21 bits per heavy atom. The van der Waals surface area contributed by atoms with Gasteiger partial charge >= 0.3 is 6.18 Å². The van der Waals surface area contributed by atoms with Crippen LogP contribution in [0.25, 0.3) is 0 Å². The molecule has 1 saturated carbocycles. The first-order valence-corrected chi connectivity index (χ1v) is 7.41. The number of nitrogens with one attached hydrogen (secondary N) is 1. The van der Waals surface area contributed by atoms with Crippen LogP contribution in [-0.2, 0) is 6.18 Å². The predicted octanol–water partition coefficient (Wildman–Crippen LogP) is 4.19. The lowest BCUT2D eigenvalue weighted by Gasteiger charge is -2.27. The van der Waals surface area contributed by atoms with Gasteiger partial charge in [-0.15, -0.1) is 0 Å². The van der Waals surface area contributed by atoms with Crippen LogP contribution in [0, 0.1) is 11.8 Å². The number of alkyl halides is 3. The summed E-state index contributed by atoms with van der Waals surface area (Å²) in [7, 11) is 0. The van der Waals surface area contributed by atoms with Gasteiger partial charge in [-0.05, 0) is 24.7 Å². The molecule has 1 N–H and O–H groups in total. The molecule has 0 aromatic carbocycles. The Morgan fingerprint density at radius 3 is 2.37 bits per heavy atom. The van der Waals surface area contributed by atoms with Gasteiger partial charge in [-0.3, -0.25) is 0 Å². The van der Waals surface area contributed by atoms with Gasteiger partial charge in [0.1, 0.15) is 0 Å². The maximum atomic E-state index is 12.3. The molecule has 19 heavy (non-hydrogen) atoms. The zero-order chi connectivity index (χ0) is 13.9. The third-order valence-corrected chi connectivity index (χ3v) is 4.44. The molecule has 1 aliphatic rings. The standard InChI is InChI=1S/C12H18F3N3S/c1-2-8-3-5-9(6-4-8)7-16-11-17-10(18-19-11)12(13,14)15/h8-9H,2-7H2,1H3,(H,16,17,18). The second kappa shape index (κ2) is 6.07. The minimum absolute atomic E-state index is 0.268. The van der Waals surface area contributed by atoms with Crippen LogP contribution < -0.4 is 5.32 Å². The molecule has 0 aliphatic heterocycles. The van der Waals surface area contributed by atoms with E-state index in [1.54, 1.807) is 0 Å². The van der Waals surface area contributed by atoms with Gasteiger partial charge in [0.2, 0.25) is 11.0 Å². The average Bonchev–Trinajstić information content (AvgIpc) is 2.86. The van der Waals surface area contributed by atoms with Crippen LogP contribution in [-0.4, -0.2) is 15.9 Å². The number of hydrogen-bond acceptors (Lipinski definition) is 4. The summed E-state index contributed by atoms with van der Waals surface area (Å²) in [4.78, 5) is 3.47. The molecule has 0 amide bonds. The zero-order valence-electron chi connectivity index (χ0n) is 10.8. The molecule has 7 heteroatoms. The van der Waals surface area contributed by atoms with E-state index in [9.17, 15) is 13.2 Å². The van der Waals surface area contributed by atoms with E-state index in [0.29, 0.717) is 12.5 Å². The van der Waals surface area contributed by atoms with Crippen molar-refractivity contribution in [2.45, 2.75) is 45.2 Å². The van der Waals surface area contributed by atoms with E-state index in [0.717, 1.165) is 30.3 Å². The number of rotatable bonds is 4. The fourth-order valence-electron chi connectivity index (χ4n) is 2.49. The van der Waals surface area contributed by atoms with E-state index in [2.05, 4.69) is 21.6 Å². The van der Waals surface area contributed by atoms with Gasteiger partial charge in [0.15, 0.2) is 0 Å². The minimum Gasteiger partial charge on any atom is -0.360 e. The Morgan fingerprint density at radius 2 is 1.84 bits per heavy atom. The molecular weight excluding hydrogens is 275 g/mol. The first kappa shape index (κ1) is 14.6. The van der Waals surface area contributed by atoms with Gasteiger partial charge in [-0.1, -0.05) is 26.2 Å². The van der Waals surface area contributed by atoms with E-state index >= 15 is 0 Å². The van der Waals surface area contributed by atoms with Crippen LogP contribution in [0.1, 0.15) is 44.9 Å². The molecular formula is C12H18F3N3S. The number of halogens is 3. The Bertz CT molecular complexity index is 397. The number of anilines is 1. The van der Waals surface area contributed by atoms with Crippen LogP contribution in [0.3, 0.4) is 0 Å². The SMILES string of the molecule is CCC1CCC(CNc2nc(C(F)(F)F)ns2)CC1. The largest absolute Gasteiger partial charge is 0.452 e. The summed E-state index contributed by atoms with van der Waals surface area (Å²) < 4.78 is 40.3. The quantitative estimate of drug-likeness (QED) is 0.904. The normalized spacial score (nSPS) is 24.4. The molecule has 0 bridgehead atoms. The number of nitrogens with zero attached hydrogens (tertiary/aromatic N) is 2.